The van der Waals surface area contributed by atoms with Crippen LogP contribution in [-0.2, 0) is 42.9 Å². The van der Waals surface area contributed by atoms with Crippen molar-refractivity contribution in [2.45, 2.75) is 65.3 Å². The van der Waals surface area contributed by atoms with E-state index in [0.29, 0.717) is 10.9 Å². The highest BCUT2D eigenvalue weighted by Crippen LogP contribution is 2.37. The van der Waals surface area contributed by atoms with Gasteiger partial charge in [0.15, 0.2) is 12.2 Å². The van der Waals surface area contributed by atoms with E-state index in [1.807, 2.05) is 0 Å². The van der Waals surface area contributed by atoms with Crippen LogP contribution in [-0.4, -0.2) is 93.7 Å². The Hall–Kier alpha value is -5.03. The molecule has 0 bridgehead atoms. The monoisotopic (exact) mass is 664 g/mol. The predicted molar refractivity (Wildman–Crippen MR) is 152 cm³/mol. The van der Waals surface area contributed by atoms with E-state index in [1.165, 1.54) is 36.9 Å². The van der Waals surface area contributed by atoms with Gasteiger partial charge in [0, 0.05) is 40.0 Å². The first-order valence-corrected chi connectivity index (χ1v) is 13.9. The molecule has 2 aromatic heterocycles. The molecule has 5 atom stereocenters. The third kappa shape index (κ3) is 8.16. The van der Waals surface area contributed by atoms with Crippen LogP contribution in [0.3, 0.4) is 0 Å². The van der Waals surface area contributed by atoms with Crippen molar-refractivity contribution in [1.29, 1.82) is 0 Å². The molecular weight excluding hydrogens is 636 g/mol. The number of benzene rings is 1. The summed E-state index contributed by atoms with van der Waals surface area (Å²) in [5, 5.41) is 0.131. The van der Waals surface area contributed by atoms with Crippen molar-refractivity contribution in [3.63, 3.8) is 0 Å². The van der Waals surface area contributed by atoms with Crippen molar-refractivity contribution in [2.24, 2.45) is 0 Å². The molecule has 0 spiro atoms. The minimum Gasteiger partial charge on any atom is -0.467 e. The van der Waals surface area contributed by atoms with E-state index in [1.54, 1.807) is 6.07 Å². The number of fused-ring (bicyclic) bond motifs is 1. The molecule has 0 saturated carbocycles. The molecule has 1 aromatic carbocycles. The molecule has 3 heterocycles. The SMILES string of the molecule is COc1nc(Cl)nc(Oc2ccc3c(c2)c(O[C@@H]2O[C@H](COC(C)=O)[C@@H](OC(C)=O)[C@H](OC(C)=O)[C@H]2OC(C)=O)cn3C(C)=O)n1. The second-order valence-electron chi connectivity index (χ2n) is 9.72. The number of hydrogen-bond donors (Lipinski definition) is 0. The van der Waals surface area contributed by atoms with Gasteiger partial charge in [-0.3, -0.25) is 28.5 Å². The van der Waals surface area contributed by atoms with Crippen LogP contribution in [0.5, 0.6) is 23.5 Å². The Bertz CT molecular complexity index is 1660. The van der Waals surface area contributed by atoms with Crippen molar-refractivity contribution >= 4 is 52.3 Å². The van der Waals surface area contributed by atoms with Gasteiger partial charge in [0.1, 0.15) is 24.2 Å². The van der Waals surface area contributed by atoms with Gasteiger partial charge in [-0.25, -0.2) is 0 Å². The van der Waals surface area contributed by atoms with Crippen LogP contribution >= 0.6 is 11.6 Å². The highest BCUT2D eigenvalue weighted by Gasteiger charge is 2.53. The summed E-state index contributed by atoms with van der Waals surface area (Å²) in [4.78, 5) is 72.3. The lowest BCUT2D eigenvalue weighted by Crippen LogP contribution is -2.63. The molecule has 1 fully saturated rings. The molecule has 0 amide bonds. The van der Waals surface area contributed by atoms with Gasteiger partial charge in [-0.2, -0.15) is 9.97 Å². The molecule has 18 heteroatoms. The number of hydrogen-bond acceptors (Lipinski definition) is 16. The van der Waals surface area contributed by atoms with Crippen molar-refractivity contribution in [1.82, 2.24) is 19.5 Å². The first kappa shape index (κ1) is 33.9. The summed E-state index contributed by atoms with van der Waals surface area (Å²) in [5.41, 5.74) is 0.381. The number of esters is 4. The topological polar surface area (TPSA) is 203 Å². The summed E-state index contributed by atoms with van der Waals surface area (Å²) in [7, 11) is 1.34. The first-order valence-electron chi connectivity index (χ1n) is 13.5. The predicted octanol–water partition coefficient (Wildman–Crippen LogP) is 2.40. The number of aromatic nitrogens is 4. The summed E-state index contributed by atoms with van der Waals surface area (Å²) in [6.07, 6.45) is -5.80. The van der Waals surface area contributed by atoms with Crippen molar-refractivity contribution in [3.05, 3.63) is 29.7 Å². The van der Waals surface area contributed by atoms with Crippen LogP contribution in [0, 0.1) is 0 Å². The largest absolute Gasteiger partial charge is 0.467 e. The number of carbonyl (C=O) groups is 5. The fraction of sp³-hybridized carbons (Fsp3) is 0.429. The van der Waals surface area contributed by atoms with Crippen molar-refractivity contribution in [3.8, 4) is 23.5 Å². The van der Waals surface area contributed by atoms with Gasteiger partial charge in [-0.1, -0.05) is 0 Å². The highest BCUT2D eigenvalue weighted by atomic mass is 35.5. The van der Waals surface area contributed by atoms with Crippen LogP contribution in [0.2, 0.25) is 5.28 Å². The van der Waals surface area contributed by atoms with E-state index >= 15 is 0 Å². The summed E-state index contributed by atoms with van der Waals surface area (Å²) in [5.74, 6) is -3.25. The molecule has 3 aromatic rings. The quantitative estimate of drug-likeness (QED) is 0.225. The van der Waals surface area contributed by atoms with Gasteiger partial charge < -0.3 is 37.9 Å². The third-order valence-corrected chi connectivity index (χ3v) is 6.40. The molecule has 246 valence electrons. The Morgan fingerprint density at radius 3 is 2.09 bits per heavy atom. The molecule has 1 saturated heterocycles. The van der Waals surface area contributed by atoms with Crippen LogP contribution in [0.15, 0.2) is 24.4 Å². The van der Waals surface area contributed by atoms with Crippen LogP contribution in [0.1, 0.15) is 39.4 Å². The first-order chi connectivity index (χ1) is 21.7. The van der Waals surface area contributed by atoms with Gasteiger partial charge >= 0.3 is 35.9 Å². The van der Waals surface area contributed by atoms with E-state index < -0.39 is 61.2 Å². The lowest BCUT2D eigenvalue weighted by molar-refractivity contribution is -0.288. The average Bonchev–Trinajstić information content (AvgIpc) is 3.31. The molecule has 17 nitrogen and oxygen atoms in total. The van der Waals surface area contributed by atoms with Gasteiger partial charge in [-0.15, -0.1) is 4.98 Å². The van der Waals surface area contributed by atoms with Crippen LogP contribution in [0.25, 0.3) is 10.9 Å². The average molecular weight is 665 g/mol. The maximum Gasteiger partial charge on any atom is 0.329 e. The second kappa shape index (κ2) is 14.4. The van der Waals surface area contributed by atoms with E-state index in [0.717, 1.165) is 27.7 Å². The fourth-order valence-corrected chi connectivity index (χ4v) is 4.71. The molecule has 0 radical (unpaired) electrons. The third-order valence-electron chi connectivity index (χ3n) is 6.23. The number of ether oxygens (including phenoxy) is 8. The maximum atomic E-state index is 12.5. The van der Waals surface area contributed by atoms with Gasteiger partial charge in [0.2, 0.25) is 23.6 Å². The zero-order valence-electron chi connectivity index (χ0n) is 25.4. The minimum atomic E-state index is -1.55. The van der Waals surface area contributed by atoms with E-state index in [4.69, 9.17) is 49.5 Å². The summed E-state index contributed by atoms with van der Waals surface area (Å²) in [6.45, 7) is 5.32. The molecule has 4 rings (SSSR count). The fourth-order valence-electron chi connectivity index (χ4n) is 4.56. The molecule has 0 aliphatic carbocycles. The smallest absolute Gasteiger partial charge is 0.329 e. The number of carbonyl (C=O) groups excluding carboxylic acids is 5. The highest BCUT2D eigenvalue weighted by molar-refractivity contribution is 6.28. The van der Waals surface area contributed by atoms with E-state index in [2.05, 4.69) is 15.0 Å². The van der Waals surface area contributed by atoms with Crippen LogP contribution < -0.4 is 14.2 Å². The molecule has 0 N–H and O–H groups in total. The Morgan fingerprint density at radius 1 is 0.848 bits per heavy atom. The van der Waals surface area contributed by atoms with Crippen molar-refractivity contribution < 1.29 is 61.9 Å². The molecular formula is C28H29ClN4O13. The zero-order chi connectivity index (χ0) is 33.7. The molecule has 46 heavy (non-hydrogen) atoms. The van der Waals surface area contributed by atoms with E-state index in [9.17, 15) is 24.0 Å². The molecule has 1 aliphatic rings. The second-order valence-corrected chi connectivity index (χ2v) is 10.1. The summed E-state index contributed by atoms with van der Waals surface area (Å²) < 4.78 is 45.7. The molecule has 1 aliphatic heterocycles. The number of rotatable bonds is 10. The number of methoxy groups -OCH3 is 1. The standard InChI is InChI=1S/C28H29ClN4O13/c1-12(34)33-10-20(18-9-17(7-8-19(18)33)44-28-31-26(29)30-27(32-28)39-6)45-25-24(43-16(5)38)23(42-15(4)37)22(41-14(3)36)21(46-25)11-40-13(2)35/h7-10,21-25H,11H2,1-6H3/t21-,22-,23+,24-,25-/m1/s1. The Kier molecular flexibility index (Phi) is 10.6. The Morgan fingerprint density at radius 2 is 1.48 bits per heavy atom. The number of nitrogens with zero attached hydrogens (tertiary/aromatic N) is 4. The molecule has 0 unspecified atom stereocenters. The normalized spacial score (nSPS) is 20.7. The van der Waals surface area contributed by atoms with Gasteiger partial charge in [0.05, 0.1) is 18.8 Å². The lowest BCUT2D eigenvalue weighted by Gasteiger charge is -2.43. The lowest BCUT2D eigenvalue weighted by atomic mass is 9.98. The van der Waals surface area contributed by atoms with E-state index in [-0.39, 0.29) is 34.7 Å². The minimum absolute atomic E-state index is 0.0304. The maximum absolute atomic E-state index is 12.5. The summed E-state index contributed by atoms with van der Waals surface area (Å²) in [6, 6.07) is 4.31. The zero-order valence-corrected chi connectivity index (χ0v) is 26.1. The van der Waals surface area contributed by atoms with Gasteiger partial charge in [0.25, 0.3) is 0 Å². The number of halogens is 1. The van der Waals surface area contributed by atoms with Crippen molar-refractivity contribution in [2.75, 3.05) is 13.7 Å². The van der Waals surface area contributed by atoms with Crippen LogP contribution in [0.4, 0.5) is 0 Å². The summed E-state index contributed by atoms with van der Waals surface area (Å²) >= 11 is 5.92. The Balaban J connectivity index is 1.78. The van der Waals surface area contributed by atoms with Gasteiger partial charge in [-0.05, 0) is 29.8 Å². The Labute approximate surface area is 265 Å².